The van der Waals surface area contributed by atoms with Crippen LogP contribution in [0.25, 0.3) is 0 Å². The highest BCUT2D eigenvalue weighted by atomic mass is 35.5. The molecule has 106 valence electrons. The first-order chi connectivity index (χ1) is 9.76. The highest BCUT2D eigenvalue weighted by molar-refractivity contribution is 7.16. The molecular formula is C15H17ClN2OS. The minimum atomic E-state index is 0.193. The summed E-state index contributed by atoms with van der Waals surface area (Å²) < 4.78 is 6.66. The van der Waals surface area contributed by atoms with E-state index < -0.39 is 0 Å². The number of hydrogen-bond donors (Lipinski definition) is 2. The first-order valence-electron chi connectivity index (χ1n) is 6.67. The lowest BCUT2D eigenvalue weighted by atomic mass is 9.89. The maximum absolute atomic E-state index is 5.98. The van der Waals surface area contributed by atoms with E-state index in [2.05, 4.69) is 23.6 Å². The second-order valence-electron chi connectivity index (χ2n) is 5.07. The average molecular weight is 309 g/mol. The van der Waals surface area contributed by atoms with Crippen molar-refractivity contribution in [3.63, 3.8) is 0 Å². The van der Waals surface area contributed by atoms with Crippen molar-refractivity contribution < 1.29 is 4.74 Å². The smallest absolute Gasteiger partial charge is 0.122 e. The van der Waals surface area contributed by atoms with Crippen molar-refractivity contribution in [3.8, 4) is 5.75 Å². The van der Waals surface area contributed by atoms with E-state index >= 15 is 0 Å². The van der Waals surface area contributed by atoms with E-state index in [1.54, 1.807) is 11.3 Å². The van der Waals surface area contributed by atoms with Crippen LogP contribution in [-0.4, -0.2) is 12.6 Å². The van der Waals surface area contributed by atoms with Crippen molar-refractivity contribution in [2.24, 2.45) is 11.8 Å². The summed E-state index contributed by atoms with van der Waals surface area (Å²) in [6, 6.07) is 12.4. The molecule has 0 bridgehead atoms. The van der Waals surface area contributed by atoms with Crippen molar-refractivity contribution in [1.29, 1.82) is 0 Å². The molecule has 1 aliphatic rings. The molecule has 0 aliphatic carbocycles. The molecule has 1 aromatic heterocycles. The van der Waals surface area contributed by atoms with Gasteiger partial charge in [0.25, 0.3) is 0 Å². The van der Waals surface area contributed by atoms with Gasteiger partial charge in [-0.05, 0) is 36.6 Å². The third-order valence-electron chi connectivity index (χ3n) is 3.74. The number of fused-ring (bicyclic) bond motifs is 1. The van der Waals surface area contributed by atoms with E-state index in [4.69, 9.17) is 22.2 Å². The van der Waals surface area contributed by atoms with Gasteiger partial charge in [-0.1, -0.05) is 29.8 Å². The maximum Gasteiger partial charge on any atom is 0.122 e. The third kappa shape index (κ3) is 2.99. The number of halogens is 1. The quantitative estimate of drug-likeness (QED) is 0.674. The number of hydrogen-bond acceptors (Lipinski definition) is 4. The van der Waals surface area contributed by atoms with E-state index in [1.807, 2.05) is 18.2 Å². The van der Waals surface area contributed by atoms with Crippen LogP contribution in [0.1, 0.15) is 10.4 Å². The molecule has 5 heteroatoms. The summed E-state index contributed by atoms with van der Waals surface area (Å²) >= 11 is 7.59. The molecule has 2 unspecified atom stereocenters. The second kappa shape index (κ2) is 6.14. The Morgan fingerprint density at radius 1 is 1.35 bits per heavy atom. The Morgan fingerprint density at radius 3 is 2.95 bits per heavy atom. The van der Waals surface area contributed by atoms with Gasteiger partial charge in [-0.25, -0.2) is 0 Å². The van der Waals surface area contributed by atoms with E-state index in [9.17, 15) is 0 Å². The Morgan fingerprint density at radius 2 is 2.20 bits per heavy atom. The lowest BCUT2D eigenvalue weighted by molar-refractivity contribution is 0.184. The van der Waals surface area contributed by atoms with Crippen LogP contribution in [-0.2, 0) is 12.8 Å². The van der Waals surface area contributed by atoms with Crippen molar-refractivity contribution >= 4 is 22.9 Å². The number of rotatable bonds is 4. The standard InChI is InChI=1S/C15H17ClN2OS/c16-15-6-5-12(20-15)8-13(18-17)11-7-10-3-1-2-4-14(10)19-9-11/h1-6,11,13,18H,7-9,17H2. The monoisotopic (exact) mass is 308 g/mol. The molecule has 2 heterocycles. The third-order valence-corrected chi connectivity index (χ3v) is 4.99. The van der Waals surface area contributed by atoms with E-state index in [0.29, 0.717) is 12.5 Å². The Bertz CT molecular complexity index is 587. The van der Waals surface area contributed by atoms with Crippen LogP contribution in [0.4, 0.5) is 0 Å². The molecule has 20 heavy (non-hydrogen) atoms. The molecule has 2 aromatic rings. The van der Waals surface area contributed by atoms with Crippen LogP contribution < -0.4 is 16.0 Å². The molecule has 1 aliphatic heterocycles. The summed E-state index contributed by atoms with van der Waals surface area (Å²) in [7, 11) is 0. The largest absolute Gasteiger partial charge is 0.493 e. The number of thiophene rings is 1. The fourth-order valence-corrected chi connectivity index (χ4v) is 3.80. The van der Waals surface area contributed by atoms with Gasteiger partial charge in [0.15, 0.2) is 0 Å². The predicted octanol–water partition coefficient (Wildman–Crippen LogP) is 3.03. The zero-order chi connectivity index (χ0) is 13.9. The first kappa shape index (κ1) is 13.9. The highest BCUT2D eigenvalue weighted by Crippen LogP contribution is 2.30. The summed E-state index contributed by atoms with van der Waals surface area (Å²) in [6.45, 7) is 0.699. The Labute approximate surface area is 127 Å². The molecule has 0 fully saturated rings. The van der Waals surface area contributed by atoms with Crippen molar-refractivity contribution in [2.75, 3.05) is 6.61 Å². The summed E-state index contributed by atoms with van der Waals surface area (Å²) in [5, 5.41) is 0. The van der Waals surface area contributed by atoms with Gasteiger partial charge >= 0.3 is 0 Å². The van der Waals surface area contributed by atoms with Gasteiger partial charge in [-0.3, -0.25) is 11.3 Å². The molecule has 1 aromatic carbocycles. The Hall–Kier alpha value is -1.07. The van der Waals surface area contributed by atoms with Crippen molar-refractivity contribution in [3.05, 3.63) is 51.2 Å². The van der Waals surface area contributed by atoms with Crippen LogP contribution in [0.2, 0.25) is 4.34 Å². The number of nitrogens with one attached hydrogen (secondary N) is 1. The average Bonchev–Trinajstić information content (AvgIpc) is 2.89. The minimum Gasteiger partial charge on any atom is -0.493 e. The fraction of sp³-hybridized carbons (Fsp3) is 0.333. The van der Waals surface area contributed by atoms with E-state index in [1.165, 1.54) is 10.4 Å². The van der Waals surface area contributed by atoms with Gasteiger partial charge in [0, 0.05) is 16.8 Å². The van der Waals surface area contributed by atoms with Crippen LogP contribution in [0, 0.1) is 5.92 Å². The van der Waals surface area contributed by atoms with Gasteiger partial charge in [0.1, 0.15) is 5.75 Å². The molecule has 0 saturated carbocycles. The number of benzene rings is 1. The Kier molecular flexibility index (Phi) is 4.27. The summed E-state index contributed by atoms with van der Waals surface area (Å²) in [5.74, 6) is 7.11. The van der Waals surface area contributed by atoms with E-state index in [0.717, 1.165) is 22.9 Å². The van der Waals surface area contributed by atoms with Gasteiger partial charge in [0.05, 0.1) is 10.9 Å². The predicted molar refractivity (Wildman–Crippen MR) is 83.3 cm³/mol. The number of para-hydroxylation sites is 1. The van der Waals surface area contributed by atoms with Crippen LogP contribution in [0.3, 0.4) is 0 Å². The molecule has 3 N–H and O–H groups in total. The van der Waals surface area contributed by atoms with Gasteiger partial charge in [0.2, 0.25) is 0 Å². The molecular weight excluding hydrogens is 292 g/mol. The number of nitrogens with two attached hydrogens (primary N) is 1. The van der Waals surface area contributed by atoms with Crippen LogP contribution in [0.5, 0.6) is 5.75 Å². The lowest BCUT2D eigenvalue weighted by Gasteiger charge is -2.31. The molecule has 0 spiro atoms. The Balaban J connectivity index is 1.71. The molecule has 2 atom stereocenters. The zero-order valence-corrected chi connectivity index (χ0v) is 12.6. The van der Waals surface area contributed by atoms with E-state index in [-0.39, 0.29) is 6.04 Å². The van der Waals surface area contributed by atoms with Crippen LogP contribution >= 0.6 is 22.9 Å². The van der Waals surface area contributed by atoms with Crippen molar-refractivity contribution in [1.82, 2.24) is 5.43 Å². The normalized spacial score (nSPS) is 19.2. The molecule has 0 radical (unpaired) electrons. The lowest BCUT2D eigenvalue weighted by Crippen LogP contribution is -2.46. The fourth-order valence-electron chi connectivity index (χ4n) is 2.65. The summed E-state index contributed by atoms with van der Waals surface area (Å²) in [6.07, 6.45) is 1.87. The van der Waals surface area contributed by atoms with Gasteiger partial charge in [-0.2, -0.15) is 0 Å². The van der Waals surface area contributed by atoms with Crippen molar-refractivity contribution in [2.45, 2.75) is 18.9 Å². The second-order valence-corrected chi connectivity index (χ2v) is 6.87. The highest BCUT2D eigenvalue weighted by Gasteiger charge is 2.27. The molecule has 3 rings (SSSR count). The summed E-state index contributed by atoms with van der Waals surface area (Å²) in [4.78, 5) is 1.25. The maximum atomic E-state index is 5.98. The topological polar surface area (TPSA) is 47.3 Å². The van der Waals surface area contributed by atoms with Crippen LogP contribution in [0.15, 0.2) is 36.4 Å². The molecule has 3 nitrogen and oxygen atoms in total. The van der Waals surface area contributed by atoms with Gasteiger partial charge < -0.3 is 4.74 Å². The number of hydrazine groups is 1. The SMILES string of the molecule is NNC(Cc1ccc(Cl)s1)C1COc2ccccc2C1. The molecule has 0 saturated heterocycles. The zero-order valence-electron chi connectivity index (χ0n) is 11.0. The van der Waals surface area contributed by atoms with Gasteiger partial charge in [-0.15, -0.1) is 11.3 Å². The first-order valence-corrected chi connectivity index (χ1v) is 7.87. The summed E-state index contributed by atoms with van der Waals surface area (Å²) in [5.41, 5.74) is 4.20. The molecule has 0 amide bonds. The minimum absolute atomic E-state index is 0.193. The number of ether oxygens (including phenoxy) is 1.